The molecule has 1 saturated carbocycles. The van der Waals surface area contributed by atoms with Gasteiger partial charge in [0.05, 0.1) is 22.7 Å². The van der Waals surface area contributed by atoms with Gasteiger partial charge in [-0.2, -0.15) is 5.26 Å². The maximum atomic E-state index is 14.0. The van der Waals surface area contributed by atoms with E-state index in [0.29, 0.717) is 60.7 Å². The molecule has 2 fully saturated rings. The number of aromatic nitrogens is 2. The lowest BCUT2D eigenvalue weighted by atomic mass is 10.1. The highest BCUT2D eigenvalue weighted by Gasteiger charge is 2.27. The summed E-state index contributed by atoms with van der Waals surface area (Å²) < 4.78 is 40.7. The van der Waals surface area contributed by atoms with Crippen LogP contribution in [-0.4, -0.2) is 47.1 Å². The number of hydrogen-bond donors (Lipinski definition) is 1. The molecular weight excluding hydrogens is 417 g/mol. The van der Waals surface area contributed by atoms with Gasteiger partial charge in [-0.25, -0.2) is 23.1 Å². The van der Waals surface area contributed by atoms with Gasteiger partial charge in [-0.3, -0.25) is 4.90 Å². The largest absolute Gasteiger partial charge is 0.364 e. The third kappa shape index (κ3) is 4.18. The highest BCUT2D eigenvalue weighted by molar-refractivity contribution is 5.82. The zero-order valence-electron chi connectivity index (χ0n) is 17.3. The van der Waals surface area contributed by atoms with Crippen molar-refractivity contribution >= 4 is 22.7 Å². The first kappa shape index (κ1) is 20.5. The summed E-state index contributed by atoms with van der Waals surface area (Å²) >= 11 is 0. The topological polar surface area (TPSA) is 68.1 Å². The summed E-state index contributed by atoms with van der Waals surface area (Å²) in [7, 11) is 0. The molecule has 1 aliphatic carbocycles. The Balaban J connectivity index is 1.35. The number of benzene rings is 2. The van der Waals surface area contributed by atoms with Crippen LogP contribution >= 0.6 is 0 Å². The fraction of sp³-hybridized carbons (Fsp3) is 0.348. The van der Waals surface area contributed by atoms with Crippen LogP contribution in [0.25, 0.3) is 11.0 Å². The van der Waals surface area contributed by atoms with Gasteiger partial charge in [0.2, 0.25) is 0 Å². The van der Waals surface area contributed by atoms with Crippen molar-refractivity contribution in [3.05, 3.63) is 58.9 Å². The van der Waals surface area contributed by atoms with Crippen LogP contribution in [0.3, 0.4) is 0 Å². The molecule has 9 heteroatoms. The number of nitriles is 1. The molecule has 5 rings (SSSR count). The van der Waals surface area contributed by atoms with Gasteiger partial charge in [0.15, 0.2) is 23.3 Å². The number of nitrogens with zero attached hydrogens (tertiary/aromatic N) is 5. The molecule has 0 amide bonds. The summed E-state index contributed by atoms with van der Waals surface area (Å²) in [6, 6.07) is 9.30. The molecule has 2 heterocycles. The SMILES string of the molecule is N#Cc1ccc2nc(N3CCN(Cc4cc(F)c(F)cc4F)CC3)c(NC3CC3)nc2c1. The molecule has 0 atom stereocenters. The average molecular weight is 438 g/mol. The minimum absolute atomic E-state index is 0.146. The number of rotatable bonds is 5. The minimum atomic E-state index is -1.18. The molecular formula is C23H21F3N6. The Hall–Kier alpha value is -3.38. The molecule has 1 N–H and O–H groups in total. The Morgan fingerprint density at radius 3 is 2.41 bits per heavy atom. The van der Waals surface area contributed by atoms with Gasteiger partial charge < -0.3 is 10.2 Å². The Bertz CT molecular complexity index is 1210. The van der Waals surface area contributed by atoms with Gasteiger partial charge in [0.1, 0.15) is 5.82 Å². The number of halogens is 3. The van der Waals surface area contributed by atoms with Crippen molar-refractivity contribution in [3.63, 3.8) is 0 Å². The van der Waals surface area contributed by atoms with Crippen LogP contribution < -0.4 is 10.2 Å². The molecule has 1 saturated heterocycles. The number of anilines is 2. The van der Waals surface area contributed by atoms with Crippen LogP contribution in [0.5, 0.6) is 0 Å². The van der Waals surface area contributed by atoms with Gasteiger partial charge in [-0.15, -0.1) is 0 Å². The van der Waals surface area contributed by atoms with Crippen LogP contribution in [0, 0.1) is 28.8 Å². The average Bonchev–Trinajstić information content (AvgIpc) is 3.61. The molecule has 0 radical (unpaired) electrons. The summed E-state index contributed by atoms with van der Waals surface area (Å²) in [5, 5.41) is 12.6. The fourth-order valence-corrected chi connectivity index (χ4v) is 3.90. The zero-order chi connectivity index (χ0) is 22.2. The van der Waals surface area contributed by atoms with Crippen molar-refractivity contribution in [2.45, 2.75) is 25.4 Å². The predicted molar refractivity (Wildman–Crippen MR) is 115 cm³/mol. The molecule has 164 valence electrons. The van der Waals surface area contributed by atoms with Gasteiger partial charge >= 0.3 is 0 Å². The summed E-state index contributed by atoms with van der Waals surface area (Å²) in [6.45, 7) is 2.73. The number of hydrogen-bond acceptors (Lipinski definition) is 6. The molecule has 0 unspecified atom stereocenters. The molecule has 3 aromatic rings. The first-order valence-corrected chi connectivity index (χ1v) is 10.6. The van der Waals surface area contributed by atoms with E-state index in [1.807, 2.05) is 4.90 Å². The maximum Gasteiger partial charge on any atom is 0.172 e. The lowest BCUT2D eigenvalue weighted by Gasteiger charge is -2.36. The van der Waals surface area contributed by atoms with Crippen molar-refractivity contribution in [3.8, 4) is 6.07 Å². The Labute approximate surface area is 183 Å². The summed E-state index contributed by atoms with van der Waals surface area (Å²) in [6.07, 6.45) is 2.18. The first-order valence-electron chi connectivity index (χ1n) is 10.6. The number of piperazine rings is 1. The number of fused-ring (bicyclic) bond motifs is 1. The van der Waals surface area contributed by atoms with E-state index in [1.165, 1.54) is 0 Å². The summed E-state index contributed by atoms with van der Waals surface area (Å²) in [5.41, 5.74) is 2.07. The van der Waals surface area contributed by atoms with Crippen LogP contribution in [0.1, 0.15) is 24.0 Å². The van der Waals surface area contributed by atoms with E-state index in [4.69, 9.17) is 15.2 Å². The van der Waals surface area contributed by atoms with E-state index in [2.05, 4.69) is 16.3 Å². The number of nitrogens with one attached hydrogen (secondary N) is 1. The molecule has 2 aliphatic rings. The standard InChI is InChI=1S/C23H21F3N6/c24-17-11-19(26)18(25)10-15(17)13-31-5-7-32(8-6-31)23-22(28-16-2-3-16)29-21-9-14(12-27)1-4-20(21)30-23/h1,4,9-11,16H,2-3,5-8,13H2,(H,28,29). The third-order valence-corrected chi connectivity index (χ3v) is 5.85. The second-order valence-electron chi connectivity index (χ2n) is 8.25. The van der Waals surface area contributed by atoms with Crippen molar-refractivity contribution in [2.75, 3.05) is 36.4 Å². The van der Waals surface area contributed by atoms with E-state index in [1.54, 1.807) is 18.2 Å². The van der Waals surface area contributed by atoms with E-state index in [-0.39, 0.29) is 12.1 Å². The third-order valence-electron chi connectivity index (χ3n) is 5.85. The fourth-order valence-electron chi connectivity index (χ4n) is 3.90. The molecule has 1 aromatic heterocycles. The maximum absolute atomic E-state index is 14.0. The molecule has 6 nitrogen and oxygen atoms in total. The van der Waals surface area contributed by atoms with E-state index in [0.717, 1.165) is 24.7 Å². The molecule has 2 aromatic carbocycles. The van der Waals surface area contributed by atoms with Crippen LogP contribution in [0.15, 0.2) is 30.3 Å². The highest BCUT2D eigenvalue weighted by atomic mass is 19.2. The van der Waals surface area contributed by atoms with Crippen LogP contribution in [0.4, 0.5) is 24.8 Å². The Kier molecular flexibility index (Phi) is 5.31. The van der Waals surface area contributed by atoms with Crippen molar-refractivity contribution in [2.24, 2.45) is 0 Å². The molecule has 0 spiro atoms. The van der Waals surface area contributed by atoms with Gasteiger partial charge in [-0.1, -0.05) is 0 Å². The van der Waals surface area contributed by atoms with Crippen molar-refractivity contribution in [1.29, 1.82) is 5.26 Å². The normalized spacial score (nSPS) is 16.9. The molecule has 0 bridgehead atoms. The quantitative estimate of drug-likeness (QED) is 0.611. The van der Waals surface area contributed by atoms with E-state index < -0.39 is 17.5 Å². The van der Waals surface area contributed by atoms with Crippen molar-refractivity contribution in [1.82, 2.24) is 14.9 Å². The second-order valence-corrected chi connectivity index (χ2v) is 8.25. The monoisotopic (exact) mass is 438 g/mol. The Morgan fingerprint density at radius 1 is 0.938 bits per heavy atom. The summed E-state index contributed by atoms with van der Waals surface area (Å²) in [4.78, 5) is 13.7. The molecule has 1 aliphatic heterocycles. The van der Waals surface area contributed by atoms with Crippen LogP contribution in [-0.2, 0) is 6.54 Å². The second kappa shape index (κ2) is 8.28. The predicted octanol–water partition coefficient (Wildman–Crippen LogP) is 3.82. The van der Waals surface area contributed by atoms with E-state index in [9.17, 15) is 13.2 Å². The van der Waals surface area contributed by atoms with Crippen molar-refractivity contribution < 1.29 is 13.2 Å². The van der Waals surface area contributed by atoms with Gasteiger partial charge in [0, 0.05) is 50.4 Å². The van der Waals surface area contributed by atoms with Gasteiger partial charge in [-0.05, 0) is 37.1 Å². The minimum Gasteiger partial charge on any atom is -0.364 e. The lowest BCUT2D eigenvalue weighted by Crippen LogP contribution is -2.46. The first-order chi connectivity index (χ1) is 15.5. The van der Waals surface area contributed by atoms with Crippen LogP contribution in [0.2, 0.25) is 0 Å². The smallest absolute Gasteiger partial charge is 0.172 e. The zero-order valence-corrected chi connectivity index (χ0v) is 17.3. The van der Waals surface area contributed by atoms with E-state index >= 15 is 0 Å². The van der Waals surface area contributed by atoms with Gasteiger partial charge in [0.25, 0.3) is 0 Å². The lowest BCUT2D eigenvalue weighted by molar-refractivity contribution is 0.245. The molecule has 32 heavy (non-hydrogen) atoms. The highest BCUT2D eigenvalue weighted by Crippen LogP contribution is 2.31. The Morgan fingerprint density at radius 2 is 1.69 bits per heavy atom. The summed E-state index contributed by atoms with van der Waals surface area (Å²) in [5.74, 6) is -1.49.